The Bertz CT molecular complexity index is 927. The molecule has 0 radical (unpaired) electrons. The highest BCUT2D eigenvalue weighted by Gasteiger charge is 2.40. The minimum Gasteiger partial charge on any atom is -0.372 e. The average Bonchev–Trinajstić information content (AvgIpc) is 2.59. The van der Waals surface area contributed by atoms with Gasteiger partial charge in [0.1, 0.15) is 8.07 Å². The second-order valence-electron chi connectivity index (χ2n) is 7.81. The molecule has 1 aliphatic rings. The maximum absolute atomic E-state index is 12.9. The Labute approximate surface area is 158 Å². The number of benzene rings is 2. The molecule has 0 amide bonds. The van der Waals surface area contributed by atoms with Crippen LogP contribution < -0.4 is 0 Å². The van der Waals surface area contributed by atoms with E-state index in [0.717, 1.165) is 17.7 Å². The lowest BCUT2D eigenvalue weighted by atomic mass is 9.73. The lowest BCUT2D eigenvalue weighted by Crippen LogP contribution is -2.35. The molecule has 2 atom stereocenters. The molecule has 2 aromatic carbocycles. The molecule has 27 heavy (non-hydrogen) atoms. The van der Waals surface area contributed by atoms with Crippen LogP contribution in [0.15, 0.2) is 54.6 Å². The van der Waals surface area contributed by atoms with Crippen molar-refractivity contribution >= 4 is 14.1 Å². The largest absolute Gasteiger partial charge is 0.416 e. The van der Waals surface area contributed by atoms with Crippen LogP contribution in [0.2, 0.25) is 19.6 Å². The summed E-state index contributed by atoms with van der Waals surface area (Å²) in [6.07, 6.45) is -0.673. The number of hydrogen-bond acceptors (Lipinski definition) is 1. The van der Waals surface area contributed by atoms with Crippen molar-refractivity contribution in [2.24, 2.45) is 0 Å². The van der Waals surface area contributed by atoms with Gasteiger partial charge < -0.3 is 5.11 Å². The molecule has 3 rings (SSSR count). The Balaban J connectivity index is 2.12. The predicted molar refractivity (Wildman–Crippen MR) is 105 cm³/mol. The van der Waals surface area contributed by atoms with E-state index in [9.17, 15) is 18.3 Å². The van der Waals surface area contributed by atoms with E-state index in [4.69, 9.17) is 0 Å². The third-order valence-electron chi connectivity index (χ3n) is 4.51. The van der Waals surface area contributed by atoms with Gasteiger partial charge in [-0.3, -0.25) is 0 Å². The number of aliphatic hydroxyl groups is 1. The van der Waals surface area contributed by atoms with Gasteiger partial charge in [0, 0.05) is 11.5 Å². The molecule has 2 unspecified atom stereocenters. The molecule has 1 N–H and O–H groups in total. The smallest absolute Gasteiger partial charge is 0.372 e. The van der Waals surface area contributed by atoms with Gasteiger partial charge in [-0.05, 0) is 23.3 Å². The summed E-state index contributed by atoms with van der Waals surface area (Å²) < 4.78 is 38.6. The van der Waals surface area contributed by atoms with Gasteiger partial charge in [-0.1, -0.05) is 74.1 Å². The molecule has 0 saturated carbocycles. The number of fused-ring (bicyclic) bond motifs is 1. The number of halogens is 3. The van der Waals surface area contributed by atoms with Gasteiger partial charge in [0.2, 0.25) is 0 Å². The summed E-state index contributed by atoms with van der Waals surface area (Å²) in [7, 11) is -1.77. The van der Waals surface area contributed by atoms with E-state index in [2.05, 4.69) is 31.1 Å². The lowest BCUT2D eigenvalue weighted by Gasteiger charge is -2.35. The Hall–Kier alpha value is -2.29. The zero-order chi connectivity index (χ0) is 19.9. The molecule has 0 bridgehead atoms. The molecule has 0 saturated heterocycles. The fourth-order valence-electron chi connectivity index (χ4n) is 3.16. The molecule has 5 heteroatoms. The number of alkyl halides is 3. The van der Waals surface area contributed by atoms with Gasteiger partial charge in [-0.15, -0.1) is 5.54 Å². The highest BCUT2D eigenvalue weighted by atomic mass is 28.3. The van der Waals surface area contributed by atoms with E-state index in [1.54, 1.807) is 0 Å². The Morgan fingerprint density at radius 1 is 1.00 bits per heavy atom. The highest BCUT2D eigenvalue weighted by Crippen LogP contribution is 2.44. The van der Waals surface area contributed by atoms with E-state index in [1.165, 1.54) is 12.1 Å². The summed E-state index contributed by atoms with van der Waals surface area (Å²) >= 11 is 0. The maximum Gasteiger partial charge on any atom is 0.416 e. The van der Waals surface area contributed by atoms with E-state index < -0.39 is 31.3 Å². The minimum absolute atomic E-state index is 0.543. The van der Waals surface area contributed by atoms with Crippen molar-refractivity contribution in [2.45, 2.75) is 37.3 Å². The first-order chi connectivity index (χ1) is 12.5. The molecule has 0 fully saturated rings. The Kier molecular flexibility index (Phi) is 4.83. The molecule has 0 heterocycles. The van der Waals surface area contributed by atoms with Crippen molar-refractivity contribution in [3.63, 3.8) is 0 Å². The molecule has 0 spiro atoms. The van der Waals surface area contributed by atoms with Crippen LogP contribution in [-0.2, 0) is 11.8 Å². The van der Waals surface area contributed by atoms with Gasteiger partial charge in [-0.25, -0.2) is 0 Å². The molecular formula is C22H21F3OSi. The summed E-state index contributed by atoms with van der Waals surface area (Å²) in [5, 5.41) is 11.6. The fraction of sp³-hybridized carbons (Fsp3) is 0.273. The average molecular weight is 386 g/mol. The maximum atomic E-state index is 12.9. The van der Waals surface area contributed by atoms with Crippen molar-refractivity contribution < 1.29 is 18.3 Å². The van der Waals surface area contributed by atoms with E-state index in [1.807, 2.05) is 36.4 Å². The molecule has 0 aromatic heterocycles. The van der Waals surface area contributed by atoms with E-state index >= 15 is 0 Å². The predicted octanol–water partition coefficient (Wildman–Crippen LogP) is 5.58. The van der Waals surface area contributed by atoms with Gasteiger partial charge >= 0.3 is 6.18 Å². The van der Waals surface area contributed by atoms with Gasteiger partial charge in [0.15, 0.2) is 5.60 Å². The first kappa shape index (κ1) is 19.5. The van der Waals surface area contributed by atoms with E-state index in [-0.39, 0.29) is 0 Å². The summed E-state index contributed by atoms with van der Waals surface area (Å²) in [5.41, 5.74) is 3.20. The van der Waals surface area contributed by atoms with Crippen LogP contribution in [-0.4, -0.2) is 13.2 Å². The molecule has 1 nitrogen and oxygen atoms in total. The van der Waals surface area contributed by atoms with Gasteiger partial charge in [-0.2, -0.15) is 13.2 Å². The molecule has 2 aromatic rings. The topological polar surface area (TPSA) is 20.2 Å². The van der Waals surface area contributed by atoms with Crippen molar-refractivity contribution in [1.29, 1.82) is 0 Å². The van der Waals surface area contributed by atoms with Crippen molar-refractivity contribution in [3.05, 3.63) is 76.9 Å². The zero-order valence-electron chi connectivity index (χ0n) is 15.4. The van der Waals surface area contributed by atoms with Crippen LogP contribution in [0, 0.1) is 11.5 Å². The van der Waals surface area contributed by atoms with Crippen LogP contribution in [0.5, 0.6) is 0 Å². The third kappa shape index (κ3) is 4.02. The second kappa shape index (κ2) is 6.70. The SMILES string of the molecule is C[Si](C)(C)C#CC1(O)c2ccccc2C=CC1c1ccc(C(F)(F)F)cc1. The van der Waals surface area contributed by atoms with Crippen LogP contribution in [0.1, 0.15) is 28.2 Å². The Morgan fingerprint density at radius 2 is 1.63 bits per heavy atom. The zero-order valence-corrected chi connectivity index (χ0v) is 16.4. The van der Waals surface area contributed by atoms with Crippen LogP contribution in [0.4, 0.5) is 13.2 Å². The molecule has 140 valence electrons. The lowest BCUT2D eigenvalue weighted by molar-refractivity contribution is -0.137. The van der Waals surface area contributed by atoms with Gasteiger partial charge in [0.25, 0.3) is 0 Å². The summed E-state index contributed by atoms with van der Waals surface area (Å²) in [6, 6.07) is 12.4. The summed E-state index contributed by atoms with van der Waals surface area (Å²) in [4.78, 5) is 0. The van der Waals surface area contributed by atoms with E-state index in [0.29, 0.717) is 11.1 Å². The standard InChI is InChI=1S/C22H21F3OSi/c1-27(2,3)15-14-21(26)19-7-5-4-6-16(19)10-13-20(21)17-8-11-18(12-9-17)22(23,24)25/h4-13,20,26H,1-3H3. The molecule has 1 aliphatic carbocycles. The van der Waals surface area contributed by atoms with Crippen LogP contribution in [0.3, 0.4) is 0 Å². The quantitative estimate of drug-likeness (QED) is 0.501. The summed E-state index contributed by atoms with van der Waals surface area (Å²) in [5.74, 6) is 2.54. The molecule has 0 aliphatic heterocycles. The second-order valence-corrected chi connectivity index (χ2v) is 12.6. The normalized spacial score (nSPS) is 22.0. The van der Waals surface area contributed by atoms with Gasteiger partial charge in [0.05, 0.1) is 5.56 Å². The molecular weight excluding hydrogens is 365 g/mol. The van der Waals surface area contributed by atoms with Crippen molar-refractivity contribution in [1.82, 2.24) is 0 Å². The fourth-order valence-corrected chi connectivity index (χ4v) is 3.72. The number of rotatable bonds is 1. The first-order valence-electron chi connectivity index (χ1n) is 8.72. The van der Waals surface area contributed by atoms with Crippen LogP contribution >= 0.6 is 0 Å². The third-order valence-corrected chi connectivity index (χ3v) is 5.39. The number of hydrogen-bond donors (Lipinski definition) is 1. The monoisotopic (exact) mass is 386 g/mol. The van der Waals surface area contributed by atoms with Crippen molar-refractivity contribution in [3.8, 4) is 11.5 Å². The highest BCUT2D eigenvalue weighted by molar-refractivity contribution is 6.83. The first-order valence-corrected chi connectivity index (χ1v) is 12.2. The minimum atomic E-state index is -4.39. The van der Waals surface area contributed by atoms with Crippen LogP contribution in [0.25, 0.3) is 6.08 Å². The Morgan fingerprint density at radius 3 is 2.22 bits per heavy atom. The summed E-state index contributed by atoms with van der Waals surface area (Å²) in [6.45, 7) is 6.25. The van der Waals surface area contributed by atoms with Crippen molar-refractivity contribution in [2.75, 3.05) is 0 Å².